The van der Waals surface area contributed by atoms with Gasteiger partial charge in [-0.2, -0.15) is 13.2 Å². The highest BCUT2D eigenvalue weighted by atomic mass is 19.4. The molecule has 7 heteroatoms. The zero-order valence-electron chi connectivity index (χ0n) is 16.7. The molecule has 1 heterocycles. The molecular weight excluding hydrogens is 383 g/mol. The van der Waals surface area contributed by atoms with Gasteiger partial charge in [-0.3, -0.25) is 0 Å². The number of hydrogen-bond acceptors (Lipinski definition) is 3. The van der Waals surface area contributed by atoms with Gasteiger partial charge >= 0.3 is 12.3 Å². The topological polar surface area (TPSA) is 38.8 Å². The standard InChI is InChI=1S/C22H24F3NO3/c1-21(2,3)29-20(27)26-10-9-16-7-8-19(12-17(16)13-26)28-14-15-5-4-6-18(11-15)22(23,24)25/h4-8,11-12H,9-10,13-14H2,1-3H3. The summed E-state index contributed by atoms with van der Waals surface area (Å²) in [6, 6.07) is 10.7. The van der Waals surface area contributed by atoms with Gasteiger partial charge in [-0.25, -0.2) is 4.79 Å². The smallest absolute Gasteiger partial charge is 0.416 e. The van der Waals surface area contributed by atoms with Crippen LogP contribution in [-0.2, 0) is 30.5 Å². The molecule has 0 bridgehead atoms. The van der Waals surface area contributed by atoms with Crippen molar-refractivity contribution in [3.05, 3.63) is 64.7 Å². The lowest BCUT2D eigenvalue weighted by molar-refractivity contribution is -0.137. The van der Waals surface area contributed by atoms with Gasteiger partial charge in [0, 0.05) is 13.1 Å². The van der Waals surface area contributed by atoms with Crippen molar-refractivity contribution in [3.63, 3.8) is 0 Å². The summed E-state index contributed by atoms with van der Waals surface area (Å²) in [4.78, 5) is 14.0. The number of amides is 1. The quantitative estimate of drug-likeness (QED) is 0.667. The van der Waals surface area contributed by atoms with Crippen molar-refractivity contribution < 1.29 is 27.4 Å². The Morgan fingerprint density at radius 3 is 2.52 bits per heavy atom. The third kappa shape index (κ3) is 5.65. The van der Waals surface area contributed by atoms with E-state index >= 15 is 0 Å². The van der Waals surface area contributed by atoms with Gasteiger partial charge in [0.1, 0.15) is 18.0 Å². The normalized spacial score (nSPS) is 14.3. The molecule has 0 spiro atoms. The Kier molecular flexibility index (Phi) is 5.78. The van der Waals surface area contributed by atoms with Crippen LogP contribution in [0.2, 0.25) is 0 Å². The van der Waals surface area contributed by atoms with E-state index in [0.717, 1.165) is 23.3 Å². The van der Waals surface area contributed by atoms with E-state index in [4.69, 9.17) is 9.47 Å². The molecule has 1 aliphatic rings. The van der Waals surface area contributed by atoms with Crippen molar-refractivity contribution >= 4 is 6.09 Å². The van der Waals surface area contributed by atoms with Crippen LogP contribution in [0.1, 0.15) is 43.0 Å². The first-order chi connectivity index (χ1) is 13.5. The van der Waals surface area contributed by atoms with E-state index in [1.54, 1.807) is 17.0 Å². The number of nitrogens with zero attached hydrogens (tertiary/aromatic N) is 1. The average molecular weight is 407 g/mol. The van der Waals surface area contributed by atoms with Crippen molar-refractivity contribution in [1.82, 2.24) is 4.90 Å². The zero-order chi connectivity index (χ0) is 21.2. The second-order valence-corrected chi connectivity index (χ2v) is 8.07. The lowest BCUT2D eigenvalue weighted by Crippen LogP contribution is -2.39. The highest BCUT2D eigenvalue weighted by Crippen LogP contribution is 2.30. The summed E-state index contributed by atoms with van der Waals surface area (Å²) >= 11 is 0. The first-order valence-corrected chi connectivity index (χ1v) is 9.40. The first kappa shape index (κ1) is 21.0. The fourth-order valence-corrected chi connectivity index (χ4v) is 3.11. The first-order valence-electron chi connectivity index (χ1n) is 9.40. The van der Waals surface area contributed by atoms with Crippen molar-refractivity contribution in [1.29, 1.82) is 0 Å². The minimum Gasteiger partial charge on any atom is -0.489 e. The fraction of sp³-hybridized carbons (Fsp3) is 0.409. The van der Waals surface area contributed by atoms with Gasteiger partial charge in [-0.05, 0) is 68.1 Å². The maximum atomic E-state index is 12.8. The van der Waals surface area contributed by atoms with Crippen LogP contribution in [0.25, 0.3) is 0 Å². The van der Waals surface area contributed by atoms with Gasteiger partial charge in [-0.1, -0.05) is 18.2 Å². The third-order valence-corrected chi connectivity index (χ3v) is 4.50. The maximum Gasteiger partial charge on any atom is 0.416 e. The van der Waals surface area contributed by atoms with E-state index in [9.17, 15) is 18.0 Å². The third-order valence-electron chi connectivity index (χ3n) is 4.50. The van der Waals surface area contributed by atoms with Crippen molar-refractivity contribution in [2.45, 2.75) is 52.1 Å². The van der Waals surface area contributed by atoms with Crippen LogP contribution in [0.3, 0.4) is 0 Å². The number of fused-ring (bicyclic) bond motifs is 1. The summed E-state index contributed by atoms with van der Waals surface area (Å²) in [6.07, 6.45) is -4.03. The van der Waals surface area contributed by atoms with Crippen molar-refractivity contribution in [3.8, 4) is 5.75 Å². The number of rotatable bonds is 3. The van der Waals surface area contributed by atoms with E-state index in [1.807, 2.05) is 32.9 Å². The Balaban J connectivity index is 1.67. The SMILES string of the molecule is CC(C)(C)OC(=O)N1CCc2ccc(OCc3cccc(C(F)(F)F)c3)cc2C1. The highest BCUT2D eigenvalue weighted by Gasteiger charge is 2.30. The molecule has 1 aliphatic heterocycles. The summed E-state index contributed by atoms with van der Waals surface area (Å²) in [6.45, 7) is 6.48. The molecule has 0 fully saturated rings. The lowest BCUT2D eigenvalue weighted by atomic mass is 10.00. The molecule has 1 amide bonds. The average Bonchev–Trinajstić information content (AvgIpc) is 2.64. The molecule has 0 aliphatic carbocycles. The summed E-state index contributed by atoms with van der Waals surface area (Å²) in [5.74, 6) is 0.548. The van der Waals surface area contributed by atoms with E-state index in [-0.39, 0.29) is 12.7 Å². The van der Waals surface area contributed by atoms with Crippen LogP contribution >= 0.6 is 0 Å². The Morgan fingerprint density at radius 1 is 1.07 bits per heavy atom. The molecule has 0 atom stereocenters. The number of carbonyl (C=O) groups is 1. The van der Waals surface area contributed by atoms with E-state index in [0.29, 0.717) is 30.8 Å². The molecular formula is C22H24F3NO3. The van der Waals surface area contributed by atoms with E-state index < -0.39 is 17.3 Å². The maximum absolute atomic E-state index is 12.8. The molecule has 156 valence electrons. The number of ether oxygens (including phenoxy) is 2. The molecule has 0 saturated heterocycles. The van der Waals surface area contributed by atoms with Gasteiger partial charge < -0.3 is 14.4 Å². The Bertz CT molecular complexity index is 888. The van der Waals surface area contributed by atoms with Crippen molar-refractivity contribution in [2.75, 3.05) is 6.54 Å². The summed E-state index contributed by atoms with van der Waals surface area (Å²) < 4.78 is 49.7. The largest absolute Gasteiger partial charge is 0.489 e. The van der Waals surface area contributed by atoms with Gasteiger partial charge in [-0.15, -0.1) is 0 Å². The number of halogens is 3. The number of benzene rings is 2. The molecule has 2 aromatic rings. The molecule has 29 heavy (non-hydrogen) atoms. The second kappa shape index (κ2) is 7.97. The monoisotopic (exact) mass is 407 g/mol. The number of hydrogen-bond donors (Lipinski definition) is 0. The van der Waals surface area contributed by atoms with Crippen LogP contribution in [-0.4, -0.2) is 23.1 Å². The van der Waals surface area contributed by atoms with Gasteiger partial charge in [0.05, 0.1) is 5.56 Å². The molecule has 2 aromatic carbocycles. The Hall–Kier alpha value is -2.70. The van der Waals surface area contributed by atoms with E-state index in [2.05, 4.69) is 0 Å². The fourth-order valence-electron chi connectivity index (χ4n) is 3.11. The van der Waals surface area contributed by atoms with Gasteiger partial charge in [0.15, 0.2) is 0 Å². The summed E-state index contributed by atoms with van der Waals surface area (Å²) in [5.41, 5.74) is 1.25. The van der Waals surface area contributed by atoms with Crippen LogP contribution < -0.4 is 4.74 Å². The minimum absolute atomic E-state index is 0.0263. The number of carbonyl (C=O) groups excluding carboxylic acids is 1. The molecule has 3 rings (SSSR count). The highest BCUT2D eigenvalue weighted by molar-refractivity contribution is 5.68. The molecule has 0 saturated carbocycles. The Labute approximate surface area is 168 Å². The molecule has 0 radical (unpaired) electrons. The zero-order valence-corrected chi connectivity index (χ0v) is 16.7. The second-order valence-electron chi connectivity index (χ2n) is 8.07. The molecule has 0 aromatic heterocycles. The van der Waals surface area contributed by atoms with Crippen LogP contribution in [0.4, 0.5) is 18.0 Å². The molecule has 0 N–H and O–H groups in total. The summed E-state index contributed by atoms with van der Waals surface area (Å²) in [5, 5.41) is 0. The minimum atomic E-state index is -4.38. The summed E-state index contributed by atoms with van der Waals surface area (Å²) in [7, 11) is 0. The van der Waals surface area contributed by atoms with Crippen LogP contribution in [0.15, 0.2) is 42.5 Å². The van der Waals surface area contributed by atoms with E-state index in [1.165, 1.54) is 6.07 Å². The van der Waals surface area contributed by atoms with Crippen LogP contribution in [0, 0.1) is 0 Å². The van der Waals surface area contributed by atoms with Gasteiger partial charge in [0.2, 0.25) is 0 Å². The van der Waals surface area contributed by atoms with Crippen molar-refractivity contribution in [2.24, 2.45) is 0 Å². The molecule has 0 unspecified atom stereocenters. The lowest BCUT2D eigenvalue weighted by Gasteiger charge is -2.31. The van der Waals surface area contributed by atoms with Gasteiger partial charge in [0.25, 0.3) is 0 Å². The number of alkyl halides is 3. The Morgan fingerprint density at radius 2 is 1.83 bits per heavy atom. The predicted molar refractivity (Wildman–Crippen MR) is 103 cm³/mol. The van der Waals surface area contributed by atoms with Crippen LogP contribution in [0.5, 0.6) is 5.75 Å². The molecule has 4 nitrogen and oxygen atoms in total. The predicted octanol–water partition coefficient (Wildman–Crippen LogP) is 5.58.